The normalized spacial score (nSPS) is 11.4. The van der Waals surface area contributed by atoms with Crippen molar-refractivity contribution in [1.29, 1.82) is 0 Å². The minimum atomic E-state index is 0.520. The number of aromatic nitrogens is 3. The Morgan fingerprint density at radius 2 is 2.00 bits per heavy atom. The molecule has 0 atom stereocenters. The highest BCUT2D eigenvalue weighted by Gasteiger charge is 2.08. The van der Waals surface area contributed by atoms with Crippen molar-refractivity contribution in [2.75, 3.05) is 6.54 Å². The summed E-state index contributed by atoms with van der Waals surface area (Å²) in [5.41, 5.74) is 7.97. The summed E-state index contributed by atoms with van der Waals surface area (Å²) in [6.45, 7) is 5.95. The molecule has 0 amide bonds. The van der Waals surface area contributed by atoms with E-state index in [0.29, 0.717) is 12.6 Å². The second-order valence-electron chi connectivity index (χ2n) is 4.99. The van der Waals surface area contributed by atoms with E-state index in [2.05, 4.69) is 58.9 Å². The Labute approximate surface area is 115 Å². The molecule has 19 heavy (non-hydrogen) atoms. The minimum absolute atomic E-state index is 0.520. The van der Waals surface area contributed by atoms with Crippen molar-refractivity contribution in [3.8, 4) is 0 Å². The lowest BCUT2D eigenvalue weighted by Gasteiger charge is -2.12. The van der Waals surface area contributed by atoms with E-state index in [0.717, 1.165) is 31.5 Å². The van der Waals surface area contributed by atoms with Crippen LogP contribution in [-0.4, -0.2) is 20.9 Å². The zero-order valence-corrected chi connectivity index (χ0v) is 11.9. The highest BCUT2D eigenvalue weighted by atomic mass is 15.3. The molecule has 2 heterocycles. The van der Waals surface area contributed by atoms with Gasteiger partial charge in [-0.2, -0.15) is 5.10 Å². The highest BCUT2D eigenvalue weighted by Crippen LogP contribution is 2.15. The van der Waals surface area contributed by atoms with E-state index in [4.69, 9.17) is 5.73 Å². The Hall–Kier alpha value is -1.55. The van der Waals surface area contributed by atoms with Gasteiger partial charge < -0.3 is 10.3 Å². The molecular formula is C15H24N4. The smallest absolute Gasteiger partial charge is 0.0821 e. The van der Waals surface area contributed by atoms with Crippen molar-refractivity contribution in [1.82, 2.24) is 14.3 Å². The first kappa shape index (κ1) is 13.9. The maximum Gasteiger partial charge on any atom is 0.0821 e. The highest BCUT2D eigenvalue weighted by molar-refractivity contribution is 5.12. The molecule has 4 heteroatoms. The van der Waals surface area contributed by atoms with Crippen molar-refractivity contribution in [3.63, 3.8) is 0 Å². The maximum absolute atomic E-state index is 5.56. The SMILES string of the molecule is CCC(CC)n1ccc(Cn2ccc(CCN)c2)n1. The van der Waals surface area contributed by atoms with Crippen LogP contribution in [0, 0.1) is 0 Å². The first-order chi connectivity index (χ1) is 9.26. The van der Waals surface area contributed by atoms with Crippen LogP contribution in [0.25, 0.3) is 0 Å². The van der Waals surface area contributed by atoms with Gasteiger partial charge in [0, 0.05) is 18.6 Å². The molecule has 0 aliphatic heterocycles. The Kier molecular flexibility index (Phi) is 4.80. The van der Waals surface area contributed by atoms with Gasteiger partial charge in [0.05, 0.1) is 18.3 Å². The van der Waals surface area contributed by atoms with Crippen molar-refractivity contribution < 1.29 is 0 Å². The van der Waals surface area contributed by atoms with Crippen LogP contribution in [0.15, 0.2) is 30.7 Å². The molecular weight excluding hydrogens is 236 g/mol. The summed E-state index contributed by atoms with van der Waals surface area (Å²) < 4.78 is 4.27. The van der Waals surface area contributed by atoms with E-state index < -0.39 is 0 Å². The molecule has 0 aromatic carbocycles. The van der Waals surface area contributed by atoms with Gasteiger partial charge in [-0.25, -0.2) is 0 Å². The molecule has 2 rings (SSSR count). The van der Waals surface area contributed by atoms with Gasteiger partial charge in [-0.15, -0.1) is 0 Å². The van der Waals surface area contributed by atoms with Gasteiger partial charge in [-0.05, 0) is 43.5 Å². The van der Waals surface area contributed by atoms with E-state index in [1.165, 1.54) is 5.56 Å². The molecule has 4 nitrogen and oxygen atoms in total. The second-order valence-corrected chi connectivity index (χ2v) is 4.99. The first-order valence-electron chi connectivity index (χ1n) is 7.15. The van der Waals surface area contributed by atoms with Gasteiger partial charge in [0.1, 0.15) is 0 Å². The minimum Gasteiger partial charge on any atom is -0.348 e. The second kappa shape index (κ2) is 6.57. The number of rotatable bonds is 7. The summed E-state index contributed by atoms with van der Waals surface area (Å²) in [6.07, 6.45) is 9.54. The predicted octanol–water partition coefficient (Wildman–Crippen LogP) is 2.60. The van der Waals surface area contributed by atoms with Crippen LogP contribution in [0.4, 0.5) is 0 Å². The van der Waals surface area contributed by atoms with Crippen molar-refractivity contribution >= 4 is 0 Å². The monoisotopic (exact) mass is 260 g/mol. The summed E-state index contributed by atoms with van der Waals surface area (Å²) in [4.78, 5) is 0. The molecule has 104 valence electrons. The lowest BCUT2D eigenvalue weighted by molar-refractivity contribution is 0.424. The predicted molar refractivity (Wildman–Crippen MR) is 78.1 cm³/mol. The molecule has 0 spiro atoms. The lowest BCUT2D eigenvalue weighted by Crippen LogP contribution is -2.08. The van der Waals surface area contributed by atoms with Gasteiger partial charge >= 0.3 is 0 Å². The maximum atomic E-state index is 5.56. The van der Waals surface area contributed by atoms with Crippen molar-refractivity contribution in [2.45, 2.75) is 45.7 Å². The molecule has 0 unspecified atom stereocenters. The van der Waals surface area contributed by atoms with Gasteiger partial charge in [0.15, 0.2) is 0 Å². The molecule has 2 aromatic rings. The van der Waals surface area contributed by atoms with Crippen LogP contribution in [0.2, 0.25) is 0 Å². The number of hydrogen-bond donors (Lipinski definition) is 1. The summed E-state index contributed by atoms with van der Waals surface area (Å²) in [6, 6.07) is 4.76. The fourth-order valence-corrected chi connectivity index (χ4v) is 2.42. The van der Waals surface area contributed by atoms with Crippen LogP contribution >= 0.6 is 0 Å². The number of nitrogens with two attached hydrogens (primary N) is 1. The first-order valence-corrected chi connectivity index (χ1v) is 7.15. The number of nitrogens with zero attached hydrogens (tertiary/aromatic N) is 3. The standard InChI is InChI=1S/C15H24N4/c1-3-15(4-2)19-10-7-14(17-19)12-18-9-6-13(11-18)5-8-16/h6-7,9-11,15H,3-5,8,12,16H2,1-2H3. The quantitative estimate of drug-likeness (QED) is 0.832. The molecule has 0 saturated heterocycles. The number of hydrogen-bond acceptors (Lipinski definition) is 2. The Morgan fingerprint density at radius 1 is 1.21 bits per heavy atom. The third-order valence-electron chi connectivity index (χ3n) is 3.57. The van der Waals surface area contributed by atoms with E-state index >= 15 is 0 Å². The third kappa shape index (κ3) is 3.47. The zero-order chi connectivity index (χ0) is 13.7. The van der Waals surface area contributed by atoms with Gasteiger partial charge in [0.2, 0.25) is 0 Å². The summed E-state index contributed by atoms with van der Waals surface area (Å²) in [7, 11) is 0. The van der Waals surface area contributed by atoms with E-state index in [9.17, 15) is 0 Å². The molecule has 0 bridgehead atoms. The lowest BCUT2D eigenvalue weighted by atomic mass is 10.2. The molecule has 2 aromatic heterocycles. The topological polar surface area (TPSA) is 48.8 Å². The Morgan fingerprint density at radius 3 is 2.68 bits per heavy atom. The Bertz CT molecular complexity index is 494. The Balaban J connectivity index is 2.02. The van der Waals surface area contributed by atoms with Crippen LogP contribution in [0.5, 0.6) is 0 Å². The average Bonchev–Trinajstić information content (AvgIpc) is 3.02. The van der Waals surface area contributed by atoms with Gasteiger partial charge in [0.25, 0.3) is 0 Å². The molecule has 0 fully saturated rings. The molecule has 0 radical (unpaired) electrons. The summed E-state index contributed by atoms with van der Waals surface area (Å²) >= 11 is 0. The molecule has 0 aliphatic rings. The van der Waals surface area contributed by atoms with E-state index in [-0.39, 0.29) is 0 Å². The van der Waals surface area contributed by atoms with Crippen molar-refractivity contribution in [2.24, 2.45) is 5.73 Å². The van der Waals surface area contributed by atoms with Gasteiger partial charge in [-0.3, -0.25) is 4.68 Å². The van der Waals surface area contributed by atoms with Crippen LogP contribution in [0.3, 0.4) is 0 Å². The van der Waals surface area contributed by atoms with E-state index in [1.54, 1.807) is 0 Å². The van der Waals surface area contributed by atoms with Crippen LogP contribution < -0.4 is 5.73 Å². The fourth-order valence-electron chi connectivity index (χ4n) is 2.42. The van der Waals surface area contributed by atoms with Crippen LogP contribution in [0.1, 0.15) is 44.0 Å². The average molecular weight is 260 g/mol. The van der Waals surface area contributed by atoms with E-state index in [1.807, 2.05) is 0 Å². The molecule has 2 N–H and O–H groups in total. The largest absolute Gasteiger partial charge is 0.348 e. The van der Waals surface area contributed by atoms with Crippen LogP contribution in [-0.2, 0) is 13.0 Å². The molecule has 0 saturated carbocycles. The fraction of sp³-hybridized carbons (Fsp3) is 0.533. The van der Waals surface area contributed by atoms with Gasteiger partial charge in [-0.1, -0.05) is 13.8 Å². The third-order valence-corrected chi connectivity index (χ3v) is 3.57. The summed E-state index contributed by atoms with van der Waals surface area (Å²) in [5.74, 6) is 0. The molecule has 0 aliphatic carbocycles. The zero-order valence-electron chi connectivity index (χ0n) is 11.9. The summed E-state index contributed by atoms with van der Waals surface area (Å²) in [5, 5.41) is 4.67. The van der Waals surface area contributed by atoms with Crippen molar-refractivity contribution in [3.05, 3.63) is 42.0 Å².